The van der Waals surface area contributed by atoms with Crippen LogP contribution in [-0.2, 0) is 4.79 Å². The average molecular weight is 314 g/mol. The van der Waals surface area contributed by atoms with Crippen molar-refractivity contribution in [3.8, 4) is 0 Å². The van der Waals surface area contributed by atoms with Crippen LogP contribution in [0, 0.1) is 19.8 Å². The Morgan fingerprint density at radius 3 is 2.14 bits per heavy atom. The zero-order valence-electron chi connectivity index (χ0n) is 12.2. The highest BCUT2D eigenvalue weighted by Crippen LogP contribution is 2.32. The molecule has 8 heteroatoms. The molecular weight excluding hydrogens is 296 g/mol. The zero-order valence-corrected chi connectivity index (χ0v) is 13.0. The van der Waals surface area contributed by atoms with Gasteiger partial charge in [-0.05, 0) is 25.3 Å². The van der Waals surface area contributed by atoms with Crippen LogP contribution < -0.4 is 10.6 Å². The minimum Gasteiger partial charge on any atom is -0.480 e. The number of rotatable bonds is 5. The van der Waals surface area contributed by atoms with Crippen LogP contribution in [0.5, 0.6) is 0 Å². The number of nitrogens with one attached hydrogen (secondary N) is 2. The molecule has 0 spiro atoms. The van der Waals surface area contributed by atoms with E-state index in [1.165, 1.54) is 0 Å². The van der Waals surface area contributed by atoms with E-state index in [4.69, 9.17) is 5.11 Å². The number of thiophene rings is 1. The topological polar surface area (TPSA) is 116 Å². The molecule has 0 aromatic carbocycles. The van der Waals surface area contributed by atoms with E-state index < -0.39 is 24.0 Å². The molecule has 1 aromatic rings. The monoisotopic (exact) mass is 314 g/mol. The molecule has 1 rings (SSSR count). The van der Waals surface area contributed by atoms with Crippen LogP contribution in [0.4, 0.5) is 9.80 Å². The minimum atomic E-state index is -1.14. The molecule has 1 aromatic heterocycles. The molecule has 0 saturated carbocycles. The Balaban J connectivity index is 2.92. The molecule has 1 unspecified atom stereocenters. The molecule has 0 aliphatic heterocycles. The summed E-state index contributed by atoms with van der Waals surface area (Å²) in [6.07, 6.45) is 0. The highest BCUT2D eigenvalue weighted by Gasteiger charge is 2.25. The van der Waals surface area contributed by atoms with Crippen LogP contribution in [0.15, 0.2) is 0 Å². The van der Waals surface area contributed by atoms with Gasteiger partial charge in [-0.2, -0.15) is 0 Å². The molecule has 0 saturated heterocycles. The second-order valence-corrected chi connectivity index (χ2v) is 6.18. The van der Waals surface area contributed by atoms with E-state index in [0.717, 1.165) is 16.2 Å². The van der Waals surface area contributed by atoms with Crippen molar-refractivity contribution in [2.24, 2.45) is 5.92 Å². The predicted octanol–water partition coefficient (Wildman–Crippen LogP) is 2.29. The highest BCUT2D eigenvalue weighted by atomic mass is 32.1. The van der Waals surface area contributed by atoms with Crippen molar-refractivity contribution in [3.05, 3.63) is 16.0 Å². The molecule has 0 fully saturated rings. The van der Waals surface area contributed by atoms with Crippen molar-refractivity contribution in [2.75, 3.05) is 5.32 Å². The molecule has 0 radical (unpaired) electrons. The number of hydrogen-bond acceptors (Lipinski definition) is 4. The maximum Gasteiger partial charge on any atom is 0.338 e. The van der Waals surface area contributed by atoms with Crippen LogP contribution in [0.25, 0.3) is 0 Å². The van der Waals surface area contributed by atoms with E-state index in [9.17, 15) is 19.5 Å². The van der Waals surface area contributed by atoms with Crippen LogP contribution in [0.3, 0.4) is 0 Å². The second kappa shape index (κ2) is 6.57. The van der Waals surface area contributed by atoms with E-state index >= 15 is 0 Å². The molecule has 0 aliphatic carbocycles. The van der Waals surface area contributed by atoms with Gasteiger partial charge in [-0.3, -0.25) is 5.32 Å². The summed E-state index contributed by atoms with van der Waals surface area (Å²) in [6.45, 7) is 6.75. The lowest BCUT2D eigenvalue weighted by Crippen LogP contribution is -2.46. The van der Waals surface area contributed by atoms with Crippen LogP contribution >= 0.6 is 11.3 Å². The van der Waals surface area contributed by atoms with Gasteiger partial charge in [0.25, 0.3) is 0 Å². The van der Waals surface area contributed by atoms with E-state index in [2.05, 4.69) is 10.6 Å². The third-order valence-electron chi connectivity index (χ3n) is 3.05. The third-order valence-corrected chi connectivity index (χ3v) is 4.17. The Morgan fingerprint density at radius 1 is 1.14 bits per heavy atom. The average Bonchev–Trinajstić information content (AvgIpc) is 2.60. The summed E-state index contributed by atoms with van der Waals surface area (Å²) in [5.41, 5.74) is 0.616. The summed E-state index contributed by atoms with van der Waals surface area (Å²) in [5.74, 6) is -2.57. The summed E-state index contributed by atoms with van der Waals surface area (Å²) in [7, 11) is 0. The molecule has 4 N–H and O–H groups in total. The van der Waals surface area contributed by atoms with Gasteiger partial charge in [0.2, 0.25) is 0 Å². The van der Waals surface area contributed by atoms with Gasteiger partial charge in [-0.15, -0.1) is 11.3 Å². The Morgan fingerprint density at radius 2 is 1.71 bits per heavy atom. The van der Waals surface area contributed by atoms with E-state index in [1.54, 1.807) is 27.7 Å². The Hall–Kier alpha value is -2.09. The maximum atomic E-state index is 11.9. The van der Waals surface area contributed by atoms with Crippen molar-refractivity contribution in [1.82, 2.24) is 5.32 Å². The lowest BCUT2D eigenvalue weighted by Gasteiger charge is -2.18. The molecule has 0 aliphatic rings. The number of urea groups is 1. The summed E-state index contributed by atoms with van der Waals surface area (Å²) in [5, 5.41) is 23.1. The van der Waals surface area contributed by atoms with Crippen molar-refractivity contribution >= 4 is 34.3 Å². The van der Waals surface area contributed by atoms with Gasteiger partial charge in [0.1, 0.15) is 11.0 Å². The van der Waals surface area contributed by atoms with Gasteiger partial charge >= 0.3 is 18.0 Å². The van der Waals surface area contributed by atoms with Gasteiger partial charge < -0.3 is 15.5 Å². The largest absolute Gasteiger partial charge is 0.480 e. The molecule has 2 amide bonds. The number of carboxylic acids is 2. The smallest absolute Gasteiger partial charge is 0.338 e. The number of hydrogen-bond donors (Lipinski definition) is 4. The summed E-state index contributed by atoms with van der Waals surface area (Å²) in [6, 6.07) is -1.78. The van der Waals surface area contributed by atoms with Crippen LogP contribution in [0.1, 0.15) is 34.6 Å². The van der Waals surface area contributed by atoms with Gasteiger partial charge in [0, 0.05) is 4.88 Å². The normalized spacial score (nSPS) is 12.0. The minimum absolute atomic E-state index is 0.0315. The predicted molar refractivity (Wildman–Crippen MR) is 79.2 cm³/mol. The van der Waals surface area contributed by atoms with Crippen molar-refractivity contribution in [2.45, 2.75) is 33.7 Å². The van der Waals surface area contributed by atoms with Crippen LogP contribution in [-0.4, -0.2) is 34.2 Å². The Bertz CT molecular complexity index is 579. The number of aryl methyl sites for hydroxylation is 1. The first-order chi connectivity index (χ1) is 9.65. The highest BCUT2D eigenvalue weighted by molar-refractivity contribution is 7.16. The molecule has 1 atom stereocenters. The fourth-order valence-corrected chi connectivity index (χ4v) is 2.81. The first kappa shape index (κ1) is 17.0. The first-order valence-corrected chi connectivity index (χ1v) is 7.10. The fraction of sp³-hybridized carbons (Fsp3) is 0.462. The Labute approximate surface area is 126 Å². The number of aromatic carboxylic acids is 1. The Kier molecular flexibility index (Phi) is 5.31. The lowest BCUT2D eigenvalue weighted by atomic mass is 10.1. The molecule has 116 valence electrons. The molecule has 7 nitrogen and oxygen atoms in total. The molecule has 1 heterocycles. The van der Waals surface area contributed by atoms with Crippen molar-refractivity contribution < 1.29 is 24.6 Å². The number of aliphatic carboxylic acids is 1. The number of carbonyl (C=O) groups is 3. The first-order valence-electron chi connectivity index (χ1n) is 6.28. The SMILES string of the molecule is Cc1sc(NC(=O)NC(C(=O)O)C(C)C)c(C(=O)O)c1C. The third kappa shape index (κ3) is 3.94. The van der Waals surface area contributed by atoms with Crippen molar-refractivity contribution in [1.29, 1.82) is 0 Å². The second-order valence-electron chi connectivity index (χ2n) is 4.95. The van der Waals surface area contributed by atoms with Gasteiger partial charge in [-0.1, -0.05) is 13.8 Å². The summed E-state index contributed by atoms with van der Waals surface area (Å²) >= 11 is 1.14. The van der Waals surface area contributed by atoms with Crippen molar-refractivity contribution in [3.63, 3.8) is 0 Å². The van der Waals surface area contributed by atoms with E-state index in [-0.39, 0.29) is 16.5 Å². The van der Waals surface area contributed by atoms with Gasteiger partial charge in [-0.25, -0.2) is 14.4 Å². The molecular formula is C13H18N2O5S. The summed E-state index contributed by atoms with van der Waals surface area (Å²) < 4.78 is 0. The number of carbonyl (C=O) groups excluding carboxylic acids is 1. The van der Waals surface area contributed by atoms with Gasteiger partial charge in [0.05, 0.1) is 5.56 Å². The number of amides is 2. The maximum absolute atomic E-state index is 11.9. The van der Waals surface area contributed by atoms with Gasteiger partial charge in [0.15, 0.2) is 0 Å². The lowest BCUT2D eigenvalue weighted by molar-refractivity contribution is -0.140. The fourth-order valence-electron chi connectivity index (χ4n) is 1.77. The summed E-state index contributed by atoms with van der Waals surface area (Å²) in [4.78, 5) is 34.9. The zero-order chi connectivity index (χ0) is 16.3. The van der Waals surface area contributed by atoms with E-state index in [1.807, 2.05) is 0 Å². The number of anilines is 1. The number of carboxylic acid groups (broad SMARTS) is 2. The standard InChI is InChI=1S/C13H18N2O5S/c1-5(2)9(12(18)19)14-13(20)15-10-8(11(16)17)6(3)7(4)21-10/h5,9H,1-4H3,(H,16,17)(H,18,19)(H2,14,15,20). The van der Waals surface area contributed by atoms with E-state index in [0.29, 0.717) is 5.56 Å². The quantitative estimate of drug-likeness (QED) is 0.665. The molecule has 21 heavy (non-hydrogen) atoms. The van der Waals surface area contributed by atoms with Crippen LogP contribution in [0.2, 0.25) is 0 Å². The molecule has 0 bridgehead atoms.